The summed E-state index contributed by atoms with van der Waals surface area (Å²) < 4.78 is 0. The van der Waals surface area contributed by atoms with Crippen LogP contribution >= 0.6 is 11.6 Å². The first-order valence-electron chi connectivity index (χ1n) is 7.12. The van der Waals surface area contributed by atoms with Gasteiger partial charge >= 0.3 is 0 Å². The van der Waals surface area contributed by atoms with E-state index in [-0.39, 0.29) is 17.1 Å². The van der Waals surface area contributed by atoms with Crippen molar-refractivity contribution in [2.75, 3.05) is 0 Å². The van der Waals surface area contributed by atoms with E-state index in [9.17, 15) is 4.79 Å². The van der Waals surface area contributed by atoms with E-state index in [2.05, 4.69) is 19.1 Å². The molecule has 0 fully saturated rings. The molecular formula is C19H17ClO. The van der Waals surface area contributed by atoms with Crippen molar-refractivity contribution in [3.8, 4) is 0 Å². The summed E-state index contributed by atoms with van der Waals surface area (Å²) in [6.07, 6.45) is 4.30. The van der Waals surface area contributed by atoms with E-state index >= 15 is 0 Å². The molecule has 3 rings (SSSR count). The Balaban J connectivity index is 2.09. The second-order valence-electron chi connectivity index (χ2n) is 5.76. The highest BCUT2D eigenvalue weighted by Gasteiger charge is 2.38. The van der Waals surface area contributed by atoms with Crippen molar-refractivity contribution in [1.82, 2.24) is 0 Å². The van der Waals surface area contributed by atoms with Crippen LogP contribution < -0.4 is 0 Å². The second-order valence-corrected chi connectivity index (χ2v) is 6.19. The molecule has 1 aliphatic rings. The van der Waals surface area contributed by atoms with Gasteiger partial charge in [-0.05, 0) is 29.3 Å². The Hall–Kier alpha value is -1.86. The minimum absolute atomic E-state index is 0.134. The van der Waals surface area contributed by atoms with E-state index in [4.69, 9.17) is 11.6 Å². The van der Waals surface area contributed by atoms with Gasteiger partial charge in [-0.3, -0.25) is 4.79 Å². The van der Waals surface area contributed by atoms with Gasteiger partial charge < -0.3 is 0 Å². The lowest BCUT2D eigenvalue weighted by atomic mass is 9.64. The van der Waals surface area contributed by atoms with Gasteiger partial charge in [0.05, 0.1) is 0 Å². The number of benzene rings is 2. The molecule has 1 nitrogen and oxygen atoms in total. The van der Waals surface area contributed by atoms with Crippen molar-refractivity contribution in [3.63, 3.8) is 0 Å². The highest BCUT2D eigenvalue weighted by molar-refractivity contribution is 6.30. The van der Waals surface area contributed by atoms with Crippen LogP contribution in [-0.2, 0) is 10.2 Å². The summed E-state index contributed by atoms with van der Waals surface area (Å²) in [6.45, 7) is 2.20. The van der Waals surface area contributed by atoms with Crippen LogP contribution in [0.25, 0.3) is 0 Å². The lowest BCUT2D eigenvalue weighted by Crippen LogP contribution is -2.33. The molecule has 0 heterocycles. The molecule has 1 aliphatic carbocycles. The second kappa shape index (κ2) is 5.50. The van der Waals surface area contributed by atoms with Gasteiger partial charge in [-0.25, -0.2) is 0 Å². The fourth-order valence-corrected chi connectivity index (χ4v) is 3.24. The van der Waals surface area contributed by atoms with Crippen LogP contribution in [0.15, 0.2) is 66.7 Å². The fourth-order valence-electron chi connectivity index (χ4n) is 3.12. The van der Waals surface area contributed by atoms with Crippen molar-refractivity contribution in [2.45, 2.75) is 24.7 Å². The molecule has 0 saturated heterocycles. The third-order valence-electron chi connectivity index (χ3n) is 4.41. The number of carbonyl (C=O) groups is 1. The number of carbonyl (C=O) groups excluding carboxylic acids is 1. The van der Waals surface area contributed by atoms with Gasteiger partial charge in [0.2, 0.25) is 0 Å². The first-order valence-corrected chi connectivity index (χ1v) is 7.50. The summed E-state index contributed by atoms with van der Waals surface area (Å²) in [5.74, 6) is 0.318. The molecule has 0 bridgehead atoms. The molecule has 0 spiro atoms. The predicted octanol–water partition coefficient (Wildman–Crippen LogP) is 4.91. The smallest absolute Gasteiger partial charge is 0.156 e. The monoisotopic (exact) mass is 296 g/mol. The Kier molecular flexibility index (Phi) is 3.69. The van der Waals surface area contributed by atoms with Gasteiger partial charge in [-0.1, -0.05) is 67.1 Å². The Morgan fingerprint density at radius 2 is 1.71 bits per heavy atom. The molecular weight excluding hydrogens is 280 g/mol. The molecule has 2 aromatic carbocycles. The minimum Gasteiger partial charge on any atom is -0.295 e. The van der Waals surface area contributed by atoms with Crippen LogP contribution in [-0.4, -0.2) is 5.78 Å². The van der Waals surface area contributed by atoms with E-state index < -0.39 is 0 Å². The van der Waals surface area contributed by atoms with Gasteiger partial charge in [0.25, 0.3) is 0 Å². The first kappa shape index (κ1) is 14.1. The largest absolute Gasteiger partial charge is 0.295 e. The molecule has 0 unspecified atom stereocenters. The maximum absolute atomic E-state index is 11.9. The van der Waals surface area contributed by atoms with Crippen LogP contribution in [0.1, 0.15) is 30.4 Å². The first-order chi connectivity index (χ1) is 10.1. The summed E-state index contributed by atoms with van der Waals surface area (Å²) in [7, 11) is 0. The topological polar surface area (TPSA) is 17.1 Å². The van der Waals surface area contributed by atoms with Crippen LogP contribution in [0.3, 0.4) is 0 Å². The van der Waals surface area contributed by atoms with Crippen LogP contribution in [0.2, 0.25) is 5.02 Å². The Bertz CT molecular complexity index is 672. The average molecular weight is 297 g/mol. The van der Waals surface area contributed by atoms with Crippen molar-refractivity contribution >= 4 is 17.4 Å². The highest BCUT2D eigenvalue weighted by Crippen LogP contribution is 2.45. The molecule has 2 heteroatoms. The summed E-state index contributed by atoms with van der Waals surface area (Å²) >= 11 is 5.99. The molecule has 0 radical (unpaired) electrons. The molecule has 106 valence electrons. The molecule has 2 aromatic rings. The Morgan fingerprint density at radius 3 is 2.38 bits per heavy atom. The molecule has 0 aromatic heterocycles. The van der Waals surface area contributed by atoms with E-state index in [1.807, 2.05) is 48.5 Å². The van der Waals surface area contributed by atoms with E-state index in [0.717, 1.165) is 10.6 Å². The van der Waals surface area contributed by atoms with E-state index in [0.29, 0.717) is 6.42 Å². The number of hydrogen-bond donors (Lipinski definition) is 0. The molecule has 0 saturated carbocycles. The number of hydrogen-bond acceptors (Lipinski definition) is 1. The zero-order valence-corrected chi connectivity index (χ0v) is 12.7. The van der Waals surface area contributed by atoms with Gasteiger partial charge in [0.1, 0.15) is 0 Å². The van der Waals surface area contributed by atoms with Crippen LogP contribution in [0.4, 0.5) is 0 Å². The zero-order chi connectivity index (χ0) is 14.9. The van der Waals surface area contributed by atoms with Crippen LogP contribution in [0.5, 0.6) is 0 Å². The van der Waals surface area contributed by atoms with E-state index in [1.54, 1.807) is 6.08 Å². The third-order valence-corrected chi connectivity index (χ3v) is 4.66. The molecule has 0 N–H and O–H groups in total. The van der Waals surface area contributed by atoms with E-state index in [1.165, 1.54) is 5.56 Å². The van der Waals surface area contributed by atoms with Crippen molar-refractivity contribution in [2.24, 2.45) is 0 Å². The van der Waals surface area contributed by atoms with Crippen molar-refractivity contribution in [1.29, 1.82) is 0 Å². The standard InChI is InChI=1S/C19H17ClO/c1-19(15-5-3-2-4-6-15)12-11-17(21)13-18(19)14-7-9-16(20)10-8-14/h2-12,18H,13H2,1H3/t18-,19-/m1/s1. The summed E-state index contributed by atoms with van der Waals surface area (Å²) in [5.41, 5.74) is 2.21. The minimum atomic E-state index is -0.178. The number of rotatable bonds is 2. The average Bonchev–Trinajstić information content (AvgIpc) is 2.52. The summed E-state index contributed by atoms with van der Waals surface area (Å²) in [6, 6.07) is 18.2. The zero-order valence-electron chi connectivity index (χ0n) is 11.9. The Labute approximate surface area is 130 Å². The predicted molar refractivity (Wildman–Crippen MR) is 86.8 cm³/mol. The molecule has 0 aliphatic heterocycles. The van der Waals surface area contributed by atoms with Gasteiger partial charge in [0.15, 0.2) is 5.78 Å². The maximum Gasteiger partial charge on any atom is 0.156 e. The molecule has 2 atom stereocenters. The van der Waals surface area contributed by atoms with Gasteiger partial charge in [-0.15, -0.1) is 0 Å². The third kappa shape index (κ3) is 2.66. The van der Waals surface area contributed by atoms with Crippen LogP contribution in [0, 0.1) is 0 Å². The fraction of sp³-hybridized carbons (Fsp3) is 0.211. The van der Waals surface area contributed by atoms with Crippen molar-refractivity contribution in [3.05, 3.63) is 82.9 Å². The quantitative estimate of drug-likeness (QED) is 0.769. The van der Waals surface area contributed by atoms with Gasteiger partial charge in [0, 0.05) is 22.8 Å². The number of allylic oxidation sites excluding steroid dienone is 2. The molecule has 21 heavy (non-hydrogen) atoms. The SMILES string of the molecule is C[C@]1(c2ccccc2)C=CC(=O)C[C@@H]1c1ccc(Cl)cc1. The lowest BCUT2D eigenvalue weighted by Gasteiger charge is -2.38. The molecule has 0 amide bonds. The van der Waals surface area contributed by atoms with Crippen molar-refractivity contribution < 1.29 is 4.79 Å². The lowest BCUT2D eigenvalue weighted by molar-refractivity contribution is -0.115. The summed E-state index contributed by atoms with van der Waals surface area (Å²) in [5, 5.41) is 0.720. The number of halogens is 1. The summed E-state index contributed by atoms with van der Waals surface area (Å²) in [4.78, 5) is 11.9. The van der Waals surface area contributed by atoms with Gasteiger partial charge in [-0.2, -0.15) is 0 Å². The number of ketones is 1. The normalized spacial score (nSPS) is 25.0. The maximum atomic E-state index is 11.9. The Morgan fingerprint density at radius 1 is 1.05 bits per heavy atom. The highest BCUT2D eigenvalue weighted by atomic mass is 35.5.